The van der Waals surface area contributed by atoms with Gasteiger partial charge in [0.15, 0.2) is 0 Å². The van der Waals surface area contributed by atoms with Gasteiger partial charge in [0.25, 0.3) is 11.5 Å². The number of halogens is 1. The number of ether oxygens (including phenoxy) is 1. The highest BCUT2D eigenvalue weighted by molar-refractivity contribution is 6.31. The zero-order valence-electron chi connectivity index (χ0n) is 17.7. The number of methoxy groups -OCH3 is 1. The van der Waals surface area contributed by atoms with Crippen LogP contribution in [0.2, 0.25) is 5.02 Å². The lowest BCUT2D eigenvalue weighted by Crippen LogP contribution is -2.39. The quantitative estimate of drug-likeness (QED) is 0.566. The monoisotopic (exact) mass is 427 g/mol. The van der Waals surface area contributed by atoms with Gasteiger partial charge in [-0.25, -0.2) is 4.98 Å². The molecule has 0 fully saturated rings. The molecule has 1 atom stereocenters. The van der Waals surface area contributed by atoms with E-state index >= 15 is 0 Å². The van der Waals surface area contributed by atoms with Crippen molar-refractivity contribution < 1.29 is 9.53 Å². The minimum Gasteiger partial charge on any atom is -0.383 e. The van der Waals surface area contributed by atoms with Crippen LogP contribution in [0.1, 0.15) is 41.6 Å². The average molecular weight is 428 g/mol. The smallest absolute Gasteiger partial charge is 0.261 e. The molecule has 6 nitrogen and oxygen atoms in total. The van der Waals surface area contributed by atoms with Crippen molar-refractivity contribution in [3.63, 3.8) is 0 Å². The van der Waals surface area contributed by atoms with Crippen LogP contribution in [0, 0.1) is 6.92 Å². The van der Waals surface area contributed by atoms with E-state index in [0.29, 0.717) is 47.0 Å². The Labute approximate surface area is 181 Å². The van der Waals surface area contributed by atoms with E-state index in [-0.39, 0.29) is 11.5 Å². The third-order valence-corrected chi connectivity index (χ3v) is 5.51. The van der Waals surface area contributed by atoms with Gasteiger partial charge in [0.2, 0.25) is 0 Å². The molecule has 2 aromatic carbocycles. The van der Waals surface area contributed by atoms with E-state index in [9.17, 15) is 9.59 Å². The lowest BCUT2D eigenvalue weighted by molar-refractivity contribution is 0.0602. The summed E-state index contributed by atoms with van der Waals surface area (Å²) in [5, 5.41) is 1.01. The standard InChI is InChI=1S/C23H26ClN3O3/c1-5-26-21(25-20-14-17(24)10-11-19(20)23(26)29)16(3)27(12-13-30-4)22(28)18-9-7-6-8-15(18)2/h6-11,14,16H,5,12-13H2,1-4H3. The minimum atomic E-state index is -0.441. The molecule has 0 radical (unpaired) electrons. The van der Waals surface area contributed by atoms with Gasteiger partial charge < -0.3 is 9.64 Å². The molecule has 1 unspecified atom stereocenters. The number of aryl methyl sites for hydroxylation is 1. The largest absolute Gasteiger partial charge is 0.383 e. The minimum absolute atomic E-state index is 0.124. The summed E-state index contributed by atoms with van der Waals surface area (Å²) in [5.41, 5.74) is 1.89. The Morgan fingerprint density at radius 3 is 2.67 bits per heavy atom. The summed E-state index contributed by atoms with van der Waals surface area (Å²) >= 11 is 6.13. The summed E-state index contributed by atoms with van der Waals surface area (Å²) in [6.45, 7) is 6.88. The Kier molecular flexibility index (Phi) is 6.90. The molecule has 0 bridgehead atoms. The summed E-state index contributed by atoms with van der Waals surface area (Å²) in [6, 6.07) is 12.1. The van der Waals surface area contributed by atoms with Crippen LogP contribution < -0.4 is 5.56 Å². The van der Waals surface area contributed by atoms with E-state index in [1.807, 2.05) is 45.0 Å². The fourth-order valence-corrected chi connectivity index (χ4v) is 3.77. The Morgan fingerprint density at radius 2 is 2.00 bits per heavy atom. The van der Waals surface area contributed by atoms with Crippen LogP contribution >= 0.6 is 11.6 Å². The van der Waals surface area contributed by atoms with Crippen LogP contribution in [0.25, 0.3) is 10.9 Å². The SMILES string of the molecule is CCn1c(C(C)N(CCOC)C(=O)c2ccccc2C)nc2cc(Cl)ccc2c1=O. The second kappa shape index (κ2) is 9.41. The second-order valence-corrected chi connectivity index (χ2v) is 7.60. The molecule has 0 aliphatic rings. The Morgan fingerprint density at radius 1 is 1.27 bits per heavy atom. The van der Waals surface area contributed by atoms with Crippen LogP contribution in [0.3, 0.4) is 0 Å². The van der Waals surface area contributed by atoms with E-state index in [0.717, 1.165) is 5.56 Å². The molecule has 3 rings (SSSR count). The number of carbonyl (C=O) groups excluding carboxylic acids is 1. The fraction of sp³-hybridized carbons (Fsp3) is 0.348. The Hall–Kier alpha value is -2.70. The summed E-state index contributed by atoms with van der Waals surface area (Å²) in [6.07, 6.45) is 0. The zero-order valence-corrected chi connectivity index (χ0v) is 18.4. The molecule has 0 saturated heterocycles. The third kappa shape index (κ3) is 4.25. The number of hydrogen-bond acceptors (Lipinski definition) is 4. The van der Waals surface area contributed by atoms with Gasteiger partial charge in [0.05, 0.1) is 23.6 Å². The van der Waals surface area contributed by atoms with Crippen LogP contribution in [0.4, 0.5) is 0 Å². The molecule has 1 amide bonds. The third-order valence-electron chi connectivity index (χ3n) is 5.28. The van der Waals surface area contributed by atoms with Crippen LogP contribution in [0.15, 0.2) is 47.3 Å². The van der Waals surface area contributed by atoms with Gasteiger partial charge in [-0.3, -0.25) is 14.2 Å². The van der Waals surface area contributed by atoms with Crippen molar-refractivity contribution in [1.82, 2.24) is 14.5 Å². The first kappa shape index (κ1) is 22.0. The van der Waals surface area contributed by atoms with Crippen molar-refractivity contribution >= 4 is 28.4 Å². The molecule has 158 valence electrons. The Balaban J connectivity index is 2.13. The van der Waals surface area contributed by atoms with Gasteiger partial charge in [-0.05, 0) is 50.6 Å². The predicted molar refractivity (Wildman–Crippen MR) is 119 cm³/mol. The van der Waals surface area contributed by atoms with Gasteiger partial charge in [0, 0.05) is 30.8 Å². The molecule has 1 heterocycles. The molecule has 0 aliphatic heterocycles. The molecule has 0 spiro atoms. The molecular weight excluding hydrogens is 402 g/mol. The lowest BCUT2D eigenvalue weighted by Gasteiger charge is -2.30. The van der Waals surface area contributed by atoms with Crippen LogP contribution in [0.5, 0.6) is 0 Å². The van der Waals surface area contributed by atoms with E-state index in [2.05, 4.69) is 0 Å². The van der Waals surface area contributed by atoms with Crippen molar-refractivity contribution in [2.24, 2.45) is 0 Å². The molecular formula is C23H26ClN3O3. The van der Waals surface area contributed by atoms with Gasteiger partial charge in [-0.15, -0.1) is 0 Å². The van der Waals surface area contributed by atoms with E-state index < -0.39 is 6.04 Å². The van der Waals surface area contributed by atoms with Crippen molar-refractivity contribution in [1.29, 1.82) is 0 Å². The molecule has 7 heteroatoms. The predicted octanol–water partition coefficient (Wildman–Crippen LogP) is 4.23. The highest BCUT2D eigenvalue weighted by Crippen LogP contribution is 2.24. The van der Waals surface area contributed by atoms with Crippen molar-refractivity contribution in [3.05, 3.63) is 74.8 Å². The topological polar surface area (TPSA) is 64.4 Å². The normalized spacial score (nSPS) is 12.2. The van der Waals surface area contributed by atoms with E-state index in [1.54, 1.807) is 34.8 Å². The first-order valence-electron chi connectivity index (χ1n) is 9.94. The maximum atomic E-state index is 13.4. The zero-order chi connectivity index (χ0) is 21.8. The first-order valence-corrected chi connectivity index (χ1v) is 10.3. The number of carbonyl (C=O) groups is 1. The summed E-state index contributed by atoms with van der Waals surface area (Å²) in [5.74, 6) is 0.399. The van der Waals surface area contributed by atoms with Gasteiger partial charge >= 0.3 is 0 Å². The number of aromatic nitrogens is 2. The van der Waals surface area contributed by atoms with Gasteiger partial charge in [0.1, 0.15) is 5.82 Å². The van der Waals surface area contributed by atoms with Gasteiger partial charge in [-0.2, -0.15) is 0 Å². The first-order chi connectivity index (χ1) is 14.4. The van der Waals surface area contributed by atoms with Crippen molar-refractivity contribution in [3.8, 4) is 0 Å². The van der Waals surface area contributed by atoms with Crippen LogP contribution in [-0.4, -0.2) is 40.6 Å². The van der Waals surface area contributed by atoms with Gasteiger partial charge in [-0.1, -0.05) is 29.8 Å². The molecule has 0 N–H and O–H groups in total. The van der Waals surface area contributed by atoms with Crippen molar-refractivity contribution in [2.45, 2.75) is 33.4 Å². The maximum absolute atomic E-state index is 13.4. The average Bonchev–Trinajstić information content (AvgIpc) is 2.73. The molecule has 1 aromatic heterocycles. The molecule has 3 aromatic rings. The summed E-state index contributed by atoms with van der Waals surface area (Å²) in [4.78, 5) is 32.9. The number of amides is 1. The summed E-state index contributed by atoms with van der Waals surface area (Å²) < 4.78 is 6.86. The highest BCUT2D eigenvalue weighted by Gasteiger charge is 2.27. The number of nitrogens with zero attached hydrogens (tertiary/aromatic N) is 3. The molecule has 0 aliphatic carbocycles. The van der Waals surface area contributed by atoms with E-state index in [1.165, 1.54) is 0 Å². The number of rotatable bonds is 7. The highest BCUT2D eigenvalue weighted by atomic mass is 35.5. The maximum Gasteiger partial charge on any atom is 0.261 e. The second-order valence-electron chi connectivity index (χ2n) is 7.16. The number of fused-ring (bicyclic) bond motifs is 1. The molecule has 30 heavy (non-hydrogen) atoms. The number of benzene rings is 2. The Bertz CT molecular complexity index is 1130. The number of hydrogen-bond donors (Lipinski definition) is 0. The fourth-order valence-electron chi connectivity index (χ4n) is 3.60. The van der Waals surface area contributed by atoms with E-state index in [4.69, 9.17) is 21.3 Å². The molecule has 0 saturated carbocycles. The van der Waals surface area contributed by atoms with Crippen molar-refractivity contribution in [2.75, 3.05) is 20.3 Å². The summed E-state index contributed by atoms with van der Waals surface area (Å²) in [7, 11) is 1.60. The van der Waals surface area contributed by atoms with Crippen LogP contribution in [-0.2, 0) is 11.3 Å². The lowest BCUT2D eigenvalue weighted by atomic mass is 10.1.